The fourth-order valence-electron chi connectivity index (χ4n) is 2.71. The molecule has 0 aromatic carbocycles. The summed E-state index contributed by atoms with van der Waals surface area (Å²) in [6.45, 7) is 1.45. The molecule has 0 radical (unpaired) electrons. The molecule has 2 rings (SSSR count). The summed E-state index contributed by atoms with van der Waals surface area (Å²) in [6, 6.07) is -0.774. The number of likely N-dealkylation sites (tertiary alicyclic amines) is 1. The maximum atomic E-state index is 12.3. The number of piperidine rings is 2. The van der Waals surface area contributed by atoms with Gasteiger partial charge in [0.1, 0.15) is 6.04 Å². The minimum atomic E-state index is -0.867. The van der Waals surface area contributed by atoms with Gasteiger partial charge in [-0.25, -0.2) is 4.79 Å². The molecule has 1 unspecified atom stereocenters. The van der Waals surface area contributed by atoms with E-state index in [9.17, 15) is 9.59 Å². The first kappa shape index (κ1) is 12.4. The molecule has 0 saturated carbocycles. The number of carboxylic acids is 1. The van der Waals surface area contributed by atoms with E-state index in [4.69, 9.17) is 5.11 Å². The number of aliphatic carboxylic acids is 1. The molecule has 2 aliphatic rings. The number of rotatable bonds is 2. The molecule has 2 N–H and O–H groups in total. The van der Waals surface area contributed by atoms with Gasteiger partial charge in [-0.3, -0.25) is 4.79 Å². The van der Waals surface area contributed by atoms with Crippen molar-refractivity contribution in [3.8, 4) is 0 Å². The van der Waals surface area contributed by atoms with Crippen molar-refractivity contribution in [3.63, 3.8) is 0 Å². The van der Waals surface area contributed by atoms with E-state index < -0.39 is 12.0 Å². The predicted molar refractivity (Wildman–Crippen MR) is 62.6 cm³/mol. The molecule has 2 saturated heterocycles. The standard InChI is InChI=1S/C12H20N2O3/c15-11(9-5-1-3-7-13-9)14-8-4-2-6-10(14)12(16)17/h9-10,13H,1-8H2,(H,16,17)/t9-,10?/m1/s1. The fraction of sp³-hybridized carbons (Fsp3) is 0.833. The number of amides is 1. The number of carboxylic acid groups (broad SMARTS) is 1. The quantitative estimate of drug-likeness (QED) is 0.741. The van der Waals surface area contributed by atoms with Gasteiger partial charge in [0.25, 0.3) is 0 Å². The summed E-state index contributed by atoms with van der Waals surface area (Å²) in [6.07, 6.45) is 5.40. The highest BCUT2D eigenvalue weighted by Gasteiger charge is 2.35. The molecule has 2 atom stereocenters. The van der Waals surface area contributed by atoms with E-state index in [-0.39, 0.29) is 11.9 Å². The Hall–Kier alpha value is -1.10. The number of hydrogen-bond acceptors (Lipinski definition) is 3. The topological polar surface area (TPSA) is 69.6 Å². The van der Waals surface area contributed by atoms with Crippen LogP contribution in [-0.4, -0.2) is 47.1 Å². The normalized spacial score (nSPS) is 30.0. The largest absolute Gasteiger partial charge is 0.480 e. The molecule has 0 aromatic heterocycles. The van der Waals surface area contributed by atoms with E-state index in [1.54, 1.807) is 4.90 Å². The maximum Gasteiger partial charge on any atom is 0.326 e. The van der Waals surface area contributed by atoms with Crippen LogP contribution in [0.5, 0.6) is 0 Å². The fourth-order valence-corrected chi connectivity index (χ4v) is 2.71. The van der Waals surface area contributed by atoms with Gasteiger partial charge >= 0.3 is 5.97 Å². The summed E-state index contributed by atoms with van der Waals surface area (Å²) in [7, 11) is 0. The van der Waals surface area contributed by atoms with Crippen LogP contribution in [0.2, 0.25) is 0 Å². The average Bonchev–Trinajstić information content (AvgIpc) is 2.39. The molecule has 2 aliphatic heterocycles. The third kappa shape index (κ3) is 2.77. The van der Waals surface area contributed by atoms with E-state index in [1.165, 1.54) is 0 Å². The van der Waals surface area contributed by atoms with Crippen LogP contribution in [-0.2, 0) is 9.59 Å². The van der Waals surface area contributed by atoms with Crippen LogP contribution in [0.25, 0.3) is 0 Å². The van der Waals surface area contributed by atoms with E-state index in [0.29, 0.717) is 13.0 Å². The van der Waals surface area contributed by atoms with Gasteiger partial charge in [0.15, 0.2) is 0 Å². The minimum absolute atomic E-state index is 0.0169. The van der Waals surface area contributed by atoms with Gasteiger partial charge in [-0.05, 0) is 38.6 Å². The third-order valence-electron chi connectivity index (χ3n) is 3.68. The molecule has 2 fully saturated rings. The van der Waals surface area contributed by atoms with Crippen molar-refractivity contribution < 1.29 is 14.7 Å². The van der Waals surface area contributed by atoms with Gasteiger partial charge in [-0.15, -0.1) is 0 Å². The second-order valence-electron chi connectivity index (χ2n) is 4.88. The van der Waals surface area contributed by atoms with Crippen LogP contribution in [0.1, 0.15) is 38.5 Å². The van der Waals surface area contributed by atoms with Crippen LogP contribution in [0.3, 0.4) is 0 Å². The molecule has 1 amide bonds. The summed E-state index contributed by atoms with van der Waals surface area (Å²) in [4.78, 5) is 25.0. The lowest BCUT2D eigenvalue weighted by Crippen LogP contribution is -2.55. The van der Waals surface area contributed by atoms with Crippen LogP contribution in [0, 0.1) is 0 Å². The first-order valence-corrected chi connectivity index (χ1v) is 6.47. The molecule has 0 bridgehead atoms. The van der Waals surface area contributed by atoms with Crippen LogP contribution < -0.4 is 5.32 Å². The Morgan fingerprint density at radius 3 is 2.53 bits per heavy atom. The number of nitrogens with one attached hydrogen (secondary N) is 1. The number of hydrogen-bond donors (Lipinski definition) is 2. The summed E-state index contributed by atoms with van der Waals surface area (Å²) < 4.78 is 0. The van der Waals surface area contributed by atoms with Crippen molar-refractivity contribution in [2.75, 3.05) is 13.1 Å². The molecule has 96 valence electrons. The van der Waals surface area contributed by atoms with Gasteiger partial charge in [0.05, 0.1) is 6.04 Å². The highest BCUT2D eigenvalue weighted by Crippen LogP contribution is 2.20. The van der Waals surface area contributed by atoms with Crippen LogP contribution in [0.4, 0.5) is 0 Å². The van der Waals surface area contributed by atoms with Crippen LogP contribution >= 0.6 is 0 Å². The summed E-state index contributed by atoms with van der Waals surface area (Å²) in [5, 5.41) is 12.3. The van der Waals surface area contributed by atoms with E-state index in [2.05, 4.69) is 5.32 Å². The lowest BCUT2D eigenvalue weighted by atomic mass is 9.98. The van der Waals surface area contributed by atoms with Crippen LogP contribution in [0.15, 0.2) is 0 Å². The van der Waals surface area contributed by atoms with Gasteiger partial charge in [-0.1, -0.05) is 6.42 Å². The van der Waals surface area contributed by atoms with E-state index in [0.717, 1.165) is 38.6 Å². The van der Waals surface area contributed by atoms with Gasteiger partial charge < -0.3 is 15.3 Å². The summed E-state index contributed by atoms with van der Waals surface area (Å²) in [5.74, 6) is -0.884. The lowest BCUT2D eigenvalue weighted by molar-refractivity contribution is -0.153. The molecular formula is C12H20N2O3. The Balaban J connectivity index is 2.02. The molecule has 5 heteroatoms. The second kappa shape index (κ2) is 5.49. The first-order valence-electron chi connectivity index (χ1n) is 6.47. The summed E-state index contributed by atoms with van der Waals surface area (Å²) >= 11 is 0. The molecule has 0 aliphatic carbocycles. The Bertz CT molecular complexity index is 300. The lowest BCUT2D eigenvalue weighted by Gasteiger charge is -2.36. The van der Waals surface area contributed by atoms with E-state index >= 15 is 0 Å². The van der Waals surface area contributed by atoms with Gasteiger partial charge in [0.2, 0.25) is 5.91 Å². The van der Waals surface area contributed by atoms with Crippen molar-refractivity contribution >= 4 is 11.9 Å². The van der Waals surface area contributed by atoms with Crippen molar-refractivity contribution in [2.24, 2.45) is 0 Å². The van der Waals surface area contributed by atoms with E-state index in [1.807, 2.05) is 0 Å². The van der Waals surface area contributed by atoms with Gasteiger partial charge in [-0.2, -0.15) is 0 Å². The average molecular weight is 240 g/mol. The van der Waals surface area contributed by atoms with Gasteiger partial charge in [0, 0.05) is 6.54 Å². The zero-order valence-corrected chi connectivity index (χ0v) is 10.0. The third-order valence-corrected chi connectivity index (χ3v) is 3.68. The van der Waals surface area contributed by atoms with Crippen molar-refractivity contribution in [2.45, 2.75) is 50.6 Å². The first-order chi connectivity index (χ1) is 8.20. The second-order valence-corrected chi connectivity index (χ2v) is 4.88. The molecular weight excluding hydrogens is 220 g/mol. The highest BCUT2D eigenvalue weighted by atomic mass is 16.4. The number of carbonyl (C=O) groups excluding carboxylic acids is 1. The monoisotopic (exact) mass is 240 g/mol. The van der Waals surface area contributed by atoms with Crippen molar-refractivity contribution in [3.05, 3.63) is 0 Å². The Kier molecular flexibility index (Phi) is 3.99. The zero-order valence-electron chi connectivity index (χ0n) is 10.0. The molecule has 5 nitrogen and oxygen atoms in total. The number of nitrogens with zero attached hydrogens (tertiary/aromatic N) is 1. The smallest absolute Gasteiger partial charge is 0.326 e. The number of carbonyl (C=O) groups is 2. The van der Waals surface area contributed by atoms with Crippen molar-refractivity contribution in [1.82, 2.24) is 10.2 Å². The summed E-state index contributed by atoms with van der Waals surface area (Å²) in [5.41, 5.74) is 0. The Morgan fingerprint density at radius 1 is 1.12 bits per heavy atom. The predicted octanol–water partition coefficient (Wildman–Crippen LogP) is 0.594. The minimum Gasteiger partial charge on any atom is -0.480 e. The maximum absolute atomic E-state index is 12.3. The zero-order chi connectivity index (χ0) is 12.3. The molecule has 0 aromatic rings. The SMILES string of the molecule is O=C(O)C1CCCCN1C(=O)[C@H]1CCCCN1. The molecule has 0 spiro atoms. The molecule has 17 heavy (non-hydrogen) atoms. The Labute approximate surface area is 101 Å². The van der Waals surface area contributed by atoms with Crippen molar-refractivity contribution in [1.29, 1.82) is 0 Å². The molecule has 2 heterocycles. The Morgan fingerprint density at radius 2 is 1.88 bits per heavy atom. The highest BCUT2D eigenvalue weighted by molar-refractivity contribution is 5.87.